The number of amides is 2. The van der Waals surface area contributed by atoms with E-state index in [9.17, 15) is 9.59 Å². The number of carbonyl (C=O) groups is 2. The zero-order valence-corrected chi connectivity index (χ0v) is 13.6. The number of rotatable bonds is 7. The van der Waals surface area contributed by atoms with Crippen molar-refractivity contribution in [3.8, 4) is 0 Å². The average molecular weight is 326 g/mol. The first-order valence-corrected chi connectivity index (χ1v) is 8.26. The van der Waals surface area contributed by atoms with Gasteiger partial charge in [0.1, 0.15) is 5.01 Å². The Morgan fingerprint density at radius 1 is 1.36 bits per heavy atom. The molecule has 122 valence electrons. The van der Waals surface area contributed by atoms with Crippen molar-refractivity contribution in [1.29, 1.82) is 0 Å². The molecule has 22 heavy (non-hydrogen) atoms. The summed E-state index contributed by atoms with van der Waals surface area (Å²) < 4.78 is 5.32. The second-order valence-corrected chi connectivity index (χ2v) is 6.07. The maximum Gasteiger partial charge on any atom is 0.222 e. The third-order valence-electron chi connectivity index (χ3n) is 3.25. The molecule has 0 unspecified atom stereocenters. The summed E-state index contributed by atoms with van der Waals surface area (Å²) in [4.78, 5) is 29.2. The summed E-state index contributed by atoms with van der Waals surface area (Å²) in [6.45, 7) is 6.50. The summed E-state index contributed by atoms with van der Waals surface area (Å²) in [7, 11) is 0. The van der Waals surface area contributed by atoms with E-state index in [0.717, 1.165) is 43.5 Å². The van der Waals surface area contributed by atoms with Gasteiger partial charge in [0.15, 0.2) is 0 Å². The van der Waals surface area contributed by atoms with Gasteiger partial charge < -0.3 is 15.4 Å². The molecule has 2 rings (SSSR count). The van der Waals surface area contributed by atoms with E-state index >= 15 is 0 Å². The molecule has 1 fully saturated rings. The summed E-state index contributed by atoms with van der Waals surface area (Å²) in [6.07, 6.45) is 0.283. The summed E-state index contributed by atoms with van der Waals surface area (Å²) in [5.74, 6) is -0.209. The molecule has 2 heterocycles. The Balaban J connectivity index is 1.67. The van der Waals surface area contributed by atoms with Gasteiger partial charge in [-0.05, 0) is 0 Å². The van der Waals surface area contributed by atoms with E-state index in [1.807, 2.05) is 5.38 Å². The molecule has 7 nitrogen and oxygen atoms in total. The van der Waals surface area contributed by atoms with Gasteiger partial charge in [-0.25, -0.2) is 4.98 Å². The Kier molecular flexibility index (Phi) is 6.75. The van der Waals surface area contributed by atoms with Gasteiger partial charge in [0.25, 0.3) is 0 Å². The summed E-state index contributed by atoms with van der Waals surface area (Å²) in [5.41, 5.74) is 1.04. The molecule has 0 spiro atoms. The first-order chi connectivity index (χ1) is 10.6. The molecule has 0 radical (unpaired) electrons. The van der Waals surface area contributed by atoms with E-state index < -0.39 is 0 Å². The normalized spacial score (nSPS) is 15.5. The minimum atomic E-state index is -0.125. The molecular weight excluding hydrogens is 304 g/mol. The van der Waals surface area contributed by atoms with Crippen molar-refractivity contribution in [1.82, 2.24) is 20.5 Å². The van der Waals surface area contributed by atoms with Gasteiger partial charge in [0, 0.05) is 44.9 Å². The Morgan fingerprint density at radius 2 is 2.14 bits per heavy atom. The molecule has 1 aliphatic heterocycles. The molecule has 8 heteroatoms. The van der Waals surface area contributed by atoms with Crippen LogP contribution in [0.5, 0.6) is 0 Å². The lowest BCUT2D eigenvalue weighted by molar-refractivity contribution is -0.121. The lowest BCUT2D eigenvalue weighted by atomic mass is 10.3. The number of hydrogen-bond donors (Lipinski definition) is 2. The van der Waals surface area contributed by atoms with Gasteiger partial charge in [0.05, 0.1) is 25.5 Å². The molecule has 0 atom stereocenters. The maximum absolute atomic E-state index is 11.6. The van der Waals surface area contributed by atoms with Gasteiger partial charge in [-0.2, -0.15) is 0 Å². The quantitative estimate of drug-likeness (QED) is 0.743. The van der Waals surface area contributed by atoms with Crippen molar-refractivity contribution < 1.29 is 14.3 Å². The zero-order valence-electron chi connectivity index (χ0n) is 12.8. The van der Waals surface area contributed by atoms with Crippen LogP contribution < -0.4 is 10.6 Å². The van der Waals surface area contributed by atoms with Gasteiger partial charge in [-0.1, -0.05) is 0 Å². The highest BCUT2D eigenvalue weighted by atomic mass is 32.1. The van der Waals surface area contributed by atoms with Crippen molar-refractivity contribution in [3.63, 3.8) is 0 Å². The predicted molar refractivity (Wildman–Crippen MR) is 83.4 cm³/mol. The van der Waals surface area contributed by atoms with Gasteiger partial charge in [-0.3, -0.25) is 14.5 Å². The number of thiazole rings is 1. The van der Waals surface area contributed by atoms with Crippen LogP contribution >= 0.6 is 11.3 Å². The third-order valence-corrected chi connectivity index (χ3v) is 4.15. The number of ether oxygens (including phenoxy) is 1. The van der Waals surface area contributed by atoms with Gasteiger partial charge >= 0.3 is 0 Å². The van der Waals surface area contributed by atoms with E-state index in [1.54, 1.807) is 11.3 Å². The SMILES string of the molecule is CC(=O)NCCC(=O)NCc1nc(CN2CCOCC2)cs1. The zero-order chi connectivity index (χ0) is 15.8. The monoisotopic (exact) mass is 326 g/mol. The van der Waals surface area contributed by atoms with Crippen LogP contribution in [0.4, 0.5) is 0 Å². The van der Waals surface area contributed by atoms with Crippen molar-refractivity contribution in [2.24, 2.45) is 0 Å². The molecule has 0 aliphatic carbocycles. The second kappa shape index (κ2) is 8.82. The van der Waals surface area contributed by atoms with Crippen LogP contribution in [-0.4, -0.2) is 54.5 Å². The number of nitrogens with zero attached hydrogens (tertiary/aromatic N) is 2. The fourth-order valence-electron chi connectivity index (χ4n) is 2.11. The molecule has 2 N–H and O–H groups in total. The smallest absolute Gasteiger partial charge is 0.222 e. The summed E-state index contributed by atoms with van der Waals surface area (Å²) >= 11 is 1.56. The lowest BCUT2D eigenvalue weighted by Gasteiger charge is -2.25. The van der Waals surface area contributed by atoms with Crippen LogP contribution in [0.3, 0.4) is 0 Å². The fraction of sp³-hybridized carbons (Fsp3) is 0.643. The van der Waals surface area contributed by atoms with Crippen LogP contribution in [0.15, 0.2) is 5.38 Å². The second-order valence-electron chi connectivity index (χ2n) is 5.13. The Morgan fingerprint density at radius 3 is 2.86 bits per heavy atom. The van der Waals surface area contributed by atoms with E-state index in [-0.39, 0.29) is 18.2 Å². The molecular formula is C14H22N4O3S. The predicted octanol–water partition coefficient (Wildman–Crippen LogP) is 0.118. The molecule has 1 aliphatic rings. The maximum atomic E-state index is 11.6. The van der Waals surface area contributed by atoms with Crippen molar-refractivity contribution >= 4 is 23.2 Å². The minimum absolute atomic E-state index is 0.0846. The minimum Gasteiger partial charge on any atom is -0.379 e. The molecule has 0 aromatic carbocycles. The molecule has 2 amide bonds. The fourth-order valence-corrected chi connectivity index (χ4v) is 2.83. The van der Waals surface area contributed by atoms with E-state index in [0.29, 0.717) is 13.1 Å². The van der Waals surface area contributed by atoms with E-state index in [4.69, 9.17) is 4.74 Å². The van der Waals surface area contributed by atoms with Crippen molar-refractivity contribution in [3.05, 3.63) is 16.1 Å². The molecule has 1 saturated heterocycles. The molecule has 1 aromatic heterocycles. The highest BCUT2D eigenvalue weighted by Crippen LogP contribution is 2.12. The van der Waals surface area contributed by atoms with E-state index in [1.165, 1.54) is 6.92 Å². The van der Waals surface area contributed by atoms with Crippen LogP contribution in [0, 0.1) is 0 Å². The van der Waals surface area contributed by atoms with Crippen molar-refractivity contribution in [2.75, 3.05) is 32.8 Å². The number of hydrogen-bond acceptors (Lipinski definition) is 6. The summed E-state index contributed by atoms with van der Waals surface area (Å²) in [5, 5.41) is 8.34. The number of aromatic nitrogens is 1. The number of carbonyl (C=O) groups excluding carboxylic acids is 2. The average Bonchev–Trinajstić information content (AvgIpc) is 2.93. The standard InChI is InChI=1S/C14H22N4O3S/c1-11(19)15-3-2-13(20)16-8-14-17-12(10-22-14)9-18-4-6-21-7-5-18/h10H,2-9H2,1H3,(H,15,19)(H,16,20). The molecule has 1 aromatic rings. The molecule has 0 saturated carbocycles. The van der Waals surface area contributed by atoms with Crippen LogP contribution in [0.1, 0.15) is 24.0 Å². The number of morpholine rings is 1. The van der Waals surface area contributed by atoms with Crippen molar-refractivity contribution in [2.45, 2.75) is 26.4 Å². The lowest BCUT2D eigenvalue weighted by Crippen LogP contribution is -2.35. The van der Waals surface area contributed by atoms with Crippen LogP contribution in [0.2, 0.25) is 0 Å². The highest BCUT2D eigenvalue weighted by Gasteiger charge is 2.12. The number of nitrogens with one attached hydrogen (secondary N) is 2. The summed E-state index contributed by atoms with van der Waals surface area (Å²) in [6, 6.07) is 0. The Labute approximate surface area is 134 Å². The van der Waals surface area contributed by atoms with Crippen LogP contribution in [-0.2, 0) is 27.4 Å². The Hall–Kier alpha value is -1.51. The third kappa shape index (κ3) is 6.08. The molecule has 0 bridgehead atoms. The van der Waals surface area contributed by atoms with Crippen LogP contribution in [0.25, 0.3) is 0 Å². The first-order valence-electron chi connectivity index (χ1n) is 7.38. The highest BCUT2D eigenvalue weighted by molar-refractivity contribution is 7.09. The van der Waals surface area contributed by atoms with Gasteiger partial charge in [-0.15, -0.1) is 11.3 Å². The first kappa shape index (κ1) is 16.9. The Bertz CT molecular complexity index is 500. The topological polar surface area (TPSA) is 83.6 Å². The van der Waals surface area contributed by atoms with E-state index in [2.05, 4.69) is 20.5 Å². The van der Waals surface area contributed by atoms with Gasteiger partial charge in [0.2, 0.25) is 11.8 Å². The largest absolute Gasteiger partial charge is 0.379 e.